The highest BCUT2D eigenvalue weighted by Gasteiger charge is 2.70. The smallest absolute Gasteiger partial charge is 0.336 e. The summed E-state index contributed by atoms with van der Waals surface area (Å²) in [5.74, 6) is -5.08. The van der Waals surface area contributed by atoms with E-state index in [0.717, 1.165) is 0 Å². The lowest BCUT2D eigenvalue weighted by Crippen LogP contribution is -2.44. The van der Waals surface area contributed by atoms with E-state index in [-0.39, 0.29) is 19.4 Å². The minimum atomic E-state index is -1.64. The Hall–Kier alpha value is -1.63. The van der Waals surface area contributed by atoms with Gasteiger partial charge >= 0.3 is 17.9 Å². The summed E-state index contributed by atoms with van der Waals surface area (Å²) in [4.78, 5) is 33.1. The minimum Gasteiger partial charge on any atom is -0.481 e. The maximum Gasteiger partial charge on any atom is 0.336 e. The highest BCUT2D eigenvalue weighted by molar-refractivity contribution is 5.90. The van der Waals surface area contributed by atoms with Crippen molar-refractivity contribution in [3.8, 4) is 0 Å². The van der Waals surface area contributed by atoms with Crippen molar-refractivity contribution in [2.45, 2.75) is 18.4 Å². The summed E-state index contributed by atoms with van der Waals surface area (Å²) in [7, 11) is 0. The molecule has 7 nitrogen and oxygen atoms in total. The van der Waals surface area contributed by atoms with Gasteiger partial charge in [-0.05, 0) is 0 Å². The summed E-state index contributed by atoms with van der Waals surface area (Å²) in [5.41, 5.74) is -3.23. The van der Waals surface area contributed by atoms with Crippen molar-refractivity contribution in [2.75, 3.05) is 6.61 Å². The maximum atomic E-state index is 11.1. The first kappa shape index (κ1) is 10.9. The van der Waals surface area contributed by atoms with Crippen molar-refractivity contribution >= 4 is 17.9 Å². The van der Waals surface area contributed by atoms with Crippen LogP contribution in [0.25, 0.3) is 0 Å². The summed E-state index contributed by atoms with van der Waals surface area (Å²) < 4.78 is 5.00. The number of ether oxygens (including phenoxy) is 1. The van der Waals surface area contributed by atoms with Crippen molar-refractivity contribution in [3.05, 3.63) is 0 Å². The maximum absolute atomic E-state index is 11.1. The zero-order chi connectivity index (χ0) is 12.1. The molecule has 2 aliphatic rings. The third kappa shape index (κ3) is 1.09. The molecule has 3 atom stereocenters. The van der Waals surface area contributed by atoms with E-state index >= 15 is 0 Å². The predicted octanol–water partition coefficient (Wildman–Crippen LogP) is -0.594. The van der Waals surface area contributed by atoms with Crippen LogP contribution in [0.1, 0.15) is 12.8 Å². The molecule has 1 aliphatic carbocycles. The third-order valence-electron chi connectivity index (χ3n) is 3.52. The first-order valence-corrected chi connectivity index (χ1v) is 4.68. The number of carbonyl (C=O) groups is 3. The van der Waals surface area contributed by atoms with E-state index in [1.54, 1.807) is 0 Å². The van der Waals surface area contributed by atoms with Gasteiger partial charge in [0.05, 0.1) is 12.5 Å². The predicted molar refractivity (Wildman–Crippen MR) is 46.7 cm³/mol. The van der Waals surface area contributed by atoms with Gasteiger partial charge in [-0.25, -0.2) is 4.79 Å². The average molecular weight is 230 g/mol. The Bertz CT molecular complexity index is 389. The quantitative estimate of drug-likeness (QED) is 0.592. The number of hydrogen-bond acceptors (Lipinski definition) is 4. The van der Waals surface area contributed by atoms with E-state index in [1.165, 1.54) is 0 Å². The number of rotatable bonds is 3. The Kier molecular flexibility index (Phi) is 2.00. The fourth-order valence-electron chi connectivity index (χ4n) is 2.59. The second-order valence-corrected chi connectivity index (χ2v) is 4.32. The highest BCUT2D eigenvalue weighted by Crippen LogP contribution is 2.56. The molecule has 0 amide bonds. The van der Waals surface area contributed by atoms with Gasteiger partial charge in [-0.15, -0.1) is 0 Å². The molecule has 0 radical (unpaired) electrons. The normalized spacial score (nSPS) is 40.9. The van der Waals surface area contributed by atoms with Gasteiger partial charge in [0.15, 0.2) is 5.60 Å². The molecule has 0 aromatic heterocycles. The Balaban J connectivity index is 2.43. The lowest BCUT2D eigenvalue weighted by molar-refractivity contribution is -0.174. The minimum absolute atomic E-state index is 0.276. The van der Waals surface area contributed by atoms with Crippen LogP contribution in [-0.2, 0) is 19.1 Å². The van der Waals surface area contributed by atoms with Gasteiger partial charge in [-0.1, -0.05) is 0 Å². The molecule has 2 fully saturated rings. The molecule has 7 heteroatoms. The monoisotopic (exact) mass is 230 g/mol. The van der Waals surface area contributed by atoms with E-state index in [2.05, 4.69) is 0 Å². The second kappa shape index (κ2) is 2.94. The van der Waals surface area contributed by atoms with Gasteiger partial charge in [-0.2, -0.15) is 0 Å². The third-order valence-corrected chi connectivity index (χ3v) is 3.52. The molecule has 88 valence electrons. The van der Waals surface area contributed by atoms with Gasteiger partial charge in [0, 0.05) is 12.8 Å². The molecule has 0 spiro atoms. The average Bonchev–Trinajstić information content (AvgIpc) is 2.72. The zero-order valence-electron chi connectivity index (χ0n) is 8.17. The van der Waals surface area contributed by atoms with Gasteiger partial charge in [0.1, 0.15) is 5.41 Å². The number of carboxylic acid groups (broad SMARTS) is 3. The molecule has 0 aromatic carbocycles. The van der Waals surface area contributed by atoms with Crippen LogP contribution in [0.15, 0.2) is 0 Å². The lowest BCUT2D eigenvalue weighted by atomic mass is 9.79. The number of fused-ring (bicyclic) bond motifs is 2. The fraction of sp³-hybridized carbons (Fsp3) is 0.667. The topological polar surface area (TPSA) is 121 Å². The summed E-state index contributed by atoms with van der Waals surface area (Å²) >= 11 is 0. The molecule has 1 saturated heterocycles. The molecule has 2 rings (SSSR count). The highest BCUT2D eigenvalue weighted by atomic mass is 16.5. The molecular formula is C9H10O7. The zero-order valence-corrected chi connectivity index (χ0v) is 8.17. The Morgan fingerprint density at radius 2 is 1.75 bits per heavy atom. The van der Waals surface area contributed by atoms with Gasteiger partial charge < -0.3 is 20.1 Å². The summed E-state index contributed by atoms with van der Waals surface area (Å²) in [6.07, 6.45) is -0.564. The summed E-state index contributed by atoms with van der Waals surface area (Å²) in [5, 5.41) is 27.0. The van der Waals surface area contributed by atoms with Gasteiger partial charge in [0.25, 0.3) is 0 Å². The van der Waals surface area contributed by atoms with Gasteiger partial charge in [0.2, 0.25) is 0 Å². The van der Waals surface area contributed by atoms with Gasteiger partial charge in [-0.3, -0.25) is 9.59 Å². The Morgan fingerprint density at radius 1 is 1.12 bits per heavy atom. The van der Waals surface area contributed by atoms with Crippen LogP contribution in [0.3, 0.4) is 0 Å². The Morgan fingerprint density at radius 3 is 2.12 bits per heavy atom. The number of hydrogen-bond donors (Lipinski definition) is 3. The van der Waals surface area contributed by atoms with Crippen LogP contribution in [0.2, 0.25) is 0 Å². The molecule has 1 saturated carbocycles. The first-order valence-electron chi connectivity index (χ1n) is 4.68. The second-order valence-electron chi connectivity index (χ2n) is 4.32. The van der Waals surface area contributed by atoms with Crippen molar-refractivity contribution in [3.63, 3.8) is 0 Å². The van der Waals surface area contributed by atoms with Crippen LogP contribution in [0, 0.1) is 11.3 Å². The molecule has 0 aromatic rings. The molecule has 1 heterocycles. The molecule has 2 bridgehead atoms. The van der Waals surface area contributed by atoms with Crippen molar-refractivity contribution < 1.29 is 34.4 Å². The summed E-state index contributed by atoms with van der Waals surface area (Å²) in [6, 6.07) is 0. The standard InChI is InChI=1S/C9H10O7/c10-5(11)4-1-9(7(14)15)2-8(4,3-16-9)6(12)13/h4H,1-3H2,(H,10,11)(H,12,13)(H,14,15). The molecule has 16 heavy (non-hydrogen) atoms. The SMILES string of the molecule is O=C(O)C1CC2(C(=O)O)CC1(C(=O)O)CO2. The molecule has 1 aliphatic heterocycles. The van der Waals surface area contributed by atoms with E-state index in [9.17, 15) is 14.4 Å². The van der Waals surface area contributed by atoms with E-state index in [1.807, 2.05) is 0 Å². The number of carboxylic acids is 3. The van der Waals surface area contributed by atoms with Crippen LogP contribution in [0.4, 0.5) is 0 Å². The molecular weight excluding hydrogens is 220 g/mol. The van der Waals surface area contributed by atoms with Crippen LogP contribution in [-0.4, -0.2) is 45.4 Å². The fourth-order valence-corrected chi connectivity index (χ4v) is 2.59. The largest absolute Gasteiger partial charge is 0.481 e. The Labute approximate surface area is 89.6 Å². The van der Waals surface area contributed by atoms with Crippen LogP contribution >= 0.6 is 0 Å². The van der Waals surface area contributed by atoms with Crippen molar-refractivity contribution in [1.82, 2.24) is 0 Å². The first-order chi connectivity index (χ1) is 7.34. The molecule has 3 unspecified atom stereocenters. The molecule has 3 N–H and O–H groups in total. The van der Waals surface area contributed by atoms with E-state index in [4.69, 9.17) is 20.1 Å². The van der Waals surface area contributed by atoms with Crippen molar-refractivity contribution in [2.24, 2.45) is 11.3 Å². The van der Waals surface area contributed by atoms with Crippen LogP contribution in [0.5, 0.6) is 0 Å². The lowest BCUT2D eigenvalue weighted by Gasteiger charge is -2.28. The van der Waals surface area contributed by atoms with E-state index < -0.39 is 34.8 Å². The van der Waals surface area contributed by atoms with Crippen molar-refractivity contribution in [1.29, 1.82) is 0 Å². The van der Waals surface area contributed by atoms with Crippen LogP contribution < -0.4 is 0 Å². The summed E-state index contributed by atoms with van der Waals surface area (Å²) in [6.45, 7) is -0.356. The number of aliphatic carboxylic acids is 3. The van der Waals surface area contributed by atoms with E-state index in [0.29, 0.717) is 0 Å².